The molecule has 0 radical (unpaired) electrons. The maximum absolute atomic E-state index is 8.81. The second kappa shape index (κ2) is 4.71. The lowest BCUT2D eigenvalue weighted by Gasteiger charge is -2.23. The van der Waals surface area contributed by atoms with E-state index in [1.165, 1.54) is 5.56 Å². The van der Waals surface area contributed by atoms with Crippen LogP contribution in [-0.2, 0) is 6.42 Å². The summed E-state index contributed by atoms with van der Waals surface area (Å²) >= 11 is 0. The zero-order valence-electron chi connectivity index (χ0n) is 10.7. The number of rotatable bonds is 3. The zero-order chi connectivity index (χ0) is 12.3. The maximum Gasteiger partial charge on any atom is 0.242 e. The van der Waals surface area contributed by atoms with Gasteiger partial charge in [-0.1, -0.05) is 12.1 Å². The molecule has 0 spiro atoms. The monoisotopic (exact) mass is 233 g/mol. The summed E-state index contributed by atoms with van der Waals surface area (Å²) in [6, 6.07) is 6.25. The van der Waals surface area contributed by atoms with Crippen LogP contribution in [0.1, 0.15) is 16.7 Å². The van der Waals surface area contributed by atoms with Gasteiger partial charge in [0.15, 0.2) is 0 Å². The summed E-state index contributed by atoms with van der Waals surface area (Å²) in [6.45, 7) is 10.6. The Hall–Kier alpha value is -1.27. The van der Waals surface area contributed by atoms with Crippen molar-refractivity contribution in [2.75, 3.05) is 0 Å². The quantitative estimate of drug-likeness (QED) is 0.748. The molecule has 0 aliphatic rings. The standard InChI is InChI=1S/C13H19NOSi/c1-10-6-7-12(8-9-14)13(11(10)2)15-16(3,4)5/h6-7H,8H2,1-5H3. The molecule has 0 saturated carbocycles. The van der Waals surface area contributed by atoms with Crippen molar-refractivity contribution in [3.8, 4) is 11.8 Å². The van der Waals surface area contributed by atoms with Crippen LogP contribution in [0.25, 0.3) is 0 Å². The third kappa shape index (κ3) is 3.11. The lowest BCUT2D eigenvalue weighted by atomic mass is 10.0. The number of benzene rings is 1. The van der Waals surface area contributed by atoms with Gasteiger partial charge in [0.1, 0.15) is 5.75 Å². The molecular weight excluding hydrogens is 214 g/mol. The molecule has 0 atom stereocenters. The van der Waals surface area contributed by atoms with Crippen LogP contribution in [0.3, 0.4) is 0 Å². The molecule has 16 heavy (non-hydrogen) atoms. The minimum Gasteiger partial charge on any atom is -0.544 e. The fourth-order valence-electron chi connectivity index (χ4n) is 1.52. The molecular formula is C13H19NOSi. The maximum atomic E-state index is 8.81. The van der Waals surface area contributed by atoms with Gasteiger partial charge < -0.3 is 4.43 Å². The van der Waals surface area contributed by atoms with Gasteiger partial charge in [0, 0.05) is 5.56 Å². The first-order chi connectivity index (χ1) is 7.35. The van der Waals surface area contributed by atoms with Crippen LogP contribution in [0.5, 0.6) is 5.75 Å². The Balaban J connectivity index is 3.22. The largest absolute Gasteiger partial charge is 0.544 e. The van der Waals surface area contributed by atoms with Gasteiger partial charge in [-0.25, -0.2) is 0 Å². The first kappa shape index (κ1) is 12.8. The molecule has 86 valence electrons. The molecule has 0 aliphatic heterocycles. The summed E-state index contributed by atoms with van der Waals surface area (Å²) in [7, 11) is -1.62. The highest BCUT2D eigenvalue weighted by atomic mass is 28.4. The Morgan fingerprint density at radius 1 is 1.25 bits per heavy atom. The fourth-order valence-corrected chi connectivity index (χ4v) is 2.42. The zero-order valence-corrected chi connectivity index (χ0v) is 11.7. The number of nitriles is 1. The van der Waals surface area contributed by atoms with Crippen LogP contribution < -0.4 is 4.43 Å². The lowest BCUT2D eigenvalue weighted by molar-refractivity contribution is 0.546. The van der Waals surface area contributed by atoms with Crippen LogP contribution in [0.2, 0.25) is 19.6 Å². The van der Waals surface area contributed by atoms with E-state index in [2.05, 4.69) is 45.6 Å². The van der Waals surface area contributed by atoms with Gasteiger partial charge in [0.05, 0.1) is 12.5 Å². The Bertz CT molecular complexity index is 427. The first-order valence-corrected chi connectivity index (χ1v) is 8.91. The van der Waals surface area contributed by atoms with Crippen LogP contribution >= 0.6 is 0 Å². The average molecular weight is 233 g/mol. The molecule has 0 N–H and O–H groups in total. The topological polar surface area (TPSA) is 33.0 Å². The van der Waals surface area contributed by atoms with Crippen molar-refractivity contribution in [1.29, 1.82) is 5.26 Å². The van der Waals surface area contributed by atoms with Crippen molar-refractivity contribution in [3.63, 3.8) is 0 Å². The molecule has 1 rings (SSSR count). The Kier molecular flexibility index (Phi) is 3.77. The number of hydrogen-bond acceptors (Lipinski definition) is 2. The van der Waals surface area contributed by atoms with Gasteiger partial charge in [0.2, 0.25) is 8.32 Å². The van der Waals surface area contributed by atoms with Gasteiger partial charge in [-0.2, -0.15) is 5.26 Å². The predicted octanol–water partition coefficient (Wildman–Crippen LogP) is 3.58. The second-order valence-corrected chi connectivity index (χ2v) is 9.47. The first-order valence-electron chi connectivity index (χ1n) is 5.50. The summed E-state index contributed by atoms with van der Waals surface area (Å²) in [5.74, 6) is 0.931. The molecule has 0 fully saturated rings. The van der Waals surface area contributed by atoms with Crippen LogP contribution in [0.15, 0.2) is 12.1 Å². The van der Waals surface area contributed by atoms with E-state index >= 15 is 0 Å². The van der Waals surface area contributed by atoms with Gasteiger partial charge in [0.25, 0.3) is 0 Å². The molecule has 0 heterocycles. The van der Waals surface area contributed by atoms with Gasteiger partial charge in [-0.05, 0) is 44.6 Å². The Morgan fingerprint density at radius 3 is 2.38 bits per heavy atom. The second-order valence-electron chi connectivity index (χ2n) is 5.05. The molecule has 1 aromatic rings. The number of aryl methyl sites for hydroxylation is 1. The molecule has 3 heteroatoms. The highest BCUT2D eigenvalue weighted by molar-refractivity contribution is 6.70. The Labute approximate surface area is 99.0 Å². The highest BCUT2D eigenvalue weighted by Crippen LogP contribution is 2.29. The van der Waals surface area contributed by atoms with Crippen molar-refractivity contribution >= 4 is 8.32 Å². The summed E-state index contributed by atoms with van der Waals surface area (Å²) < 4.78 is 6.08. The average Bonchev–Trinajstić information content (AvgIpc) is 2.16. The van der Waals surface area contributed by atoms with E-state index in [4.69, 9.17) is 9.69 Å². The molecule has 0 aliphatic carbocycles. The molecule has 0 bridgehead atoms. The summed E-state index contributed by atoms with van der Waals surface area (Å²) in [6.07, 6.45) is 0.418. The minimum absolute atomic E-state index is 0.418. The van der Waals surface area contributed by atoms with Crippen LogP contribution in [-0.4, -0.2) is 8.32 Å². The van der Waals surface area contributed by atoms with E-state index in [-0.39, 0.29) is 0 Å². The third-order valence-corrected chi connectivity index (χ3v) is 3.25. The van der Waals surface area contributed by atoms with E-state index in [9.17, 15) is 0 Å². The van der Waals surface area contributed by atoms with E-state index in [0.29, 0.717) is 6.42 Å². The van der Waals surface area contributed by atoms with E-state index in [1.807, 2.05) is 6.07 Å². The van der Waals surface area contributed by atoms with Crippen molar-refractivity contribution in [1.82, 2.24) is 0 Å². The van der Waals surface area contributed by atoms with Gasteiger partial charge in [-0.3, -0.25) is 0 Å². The van der Waals surface area contributed by atoms with E-state index in [1.54, 1.807) is 0 Å². The molecule has 1 aromatic carbocycles. The summed E-state index contributed by atoms with van der Waals surface area (Å²) in [4.78, 5) is 0. The Morgan fingerprint density at radius 2 is 1.88 bits per heavy atom. The predicted molar refractivity (Wildman–Crippen MR) is 69.2 cm³/mol. The lowest BCUT2D eigenvalue weighted by Crippen LogP contribution is -2.30. The van der Waals surface area contributed by atoms with Crippen molar-refractivity contribution in [2.24, 2.45) is 0 Å². The summed E-state index contributed by atoms with van der Waals surface area (Å²) in [5.41, 5.74) is 3.39. The fraction of sp³-hybridized carbons (Fsp3) is 0.462. The smallest absolute Gasteiger partial charge is 0.242 e. The number of nitrogens with zero attached hydrogens (tertiary/aromatic N) is 1. The molecule has 0 saturated heterocycles. The SMILES string of the molecule is Cc1ccc(CC#N)c(O[Si](C)(C)C)c1C. The third-order valence-electron chi connectivity index (χ3n) is 2.44. The van der Waals surface area contributed by atoms with Crippen molar-refractivity contribution in [3.05, 3.63) is 28.8 Å². The van der Waals surface area contributed by atoms with Crippen molar-refractivity contribution < 1.29 is 4.43 Å². The molecule has 2 nitrogen and oxygen atoms in total. The van der Waals surface area contributed by atoms with Crippen LogP contribution in [0, 0.1) is 25.2 Å². The van der Waals surface area contributed by atoms with Crippen molar-refractivity contribution in [2.45, 2.75) is 39.9 Å². The highest BCUT2D eigenvalue weighted by Gasteiger charge is 2.20. The van der Waals surface area contributed by atoms with Crippen LogP contribution in [0.4, 0.5) is 0 Å². The molecule has 0 unspecified atom stereocenters. The molecule has 0 amide bonds. The normalized spacial score (nSPS) is 11.0. The molecule has 0 aromatic heterocycles. The number of hydrogen-bond donors (Lipinski definition) is 0. The van der Waals surface area contributed by atoms with E-state index < -0.39 is 8.32 Å². The summed E-state index contributed by atoms with van der Waals surface area (Å²) in [5, 5.41) is 8.81. The van der Waals surface area contributed by atoms with Gasteiger partial charge >= 0.3 is 0 Å². The minimum atomic E-state index is -1.62. The van der Waals surface area contributed by atoms with E-state index in [0.717, 1.165) is 16.9 Å². The van der Waals surface area contributed by atoms with Gasteiger partial charge in [-0.15, -0.1) is 0 Å².